The van der Waals surface area contributed by atoms with Crippen molar-refractivity contribution in [2.45, 2.75) is 20.8 Å². The second kappa shape index (κ2) is 4.13. The Kier molecular flexibility index (Phi) is 2.80. The summed E-state index contributed by atoms with van der Waals surface area (Å²) in [7, 11) is 0. The summed E-state index contributed by atoms with van der Waals surface area (Å²) >= 11 is 0. The van der Waals surface area contributed by atoms with E-state index in [1.54, 1.807) is 6.92 Å². The van der Waals surface area contributed by atoms with E-state index in [0.29, 0.717) is 5.56 Å². The molecule has 0 aliphatic carbocycles. The number of aromatic hydroxyl groups is 2. The summed E-state index contributed by atoms with van der Waals surface area (Å²) in [5.74, 6) is -0.115. The predicted octanol–water partition coefficient (Wildman–Crippen LogP) is 3.69. The van der Waals surface area contributed by atoms with Gasteiger partial charge in [0, 0.05) is 5.56 Å². The van der Waals surface area contributed by atoms with Crippen molar-refractivity contribution >= 4 is 0 Å². The number of phenolic OH excluding ortho intramolecular Hbond substituents is 2. The van der Waals surface area contributed by atoms with E-state index in [1.807, 2.05) is 12.1 Å². The molecule has 0 aliphatic heterocycles. The largest absolute Gasteiger partial charge is 0.504 e. The van der Waals surface area contributed by atoms with Crippen molar-refractivity contribution in [1.29, 1.82) is 0 Å². The van der Waals surface area contributed by atoms with Gasteiger partial charge < -0.3 is 10.2 Å². The van der Waals surface area contributed by atoms with Crippen LogP contribution in [0.3, 0.4) is 0 Å². The van der Waals surface area contributed by atoms with Gasteiger partial charge in [0.15, 0.2) is 11.5 Å². The Morgan fingerprint density at radius 2 is 1.53 bits per heavy atom. The Hall–Kier alpha value is -1.96. The molecule has 0 amide bonds. The van der Waals surface area contributed by atoms with E-state index in [2.05, 4.69) is 26.0 Å². The topological polar surface area (TPSA) is 40.5 Å². The van der Waals surface area contributed by atoms with Crippen molar-refractivity contribution in [2.24, 2.45) is 0 Å². The van der Waals surface area contributed by atoms with Crippen molar-refractivity contribution in [2.75, 3.05) is 0 Å². The van der Waals surface area contributed by atoms with E-state index in [4.69, 9.17) is 0 Å². The molecule has 0 unspecified atom stereocenters. The number of hydrogen-bond donors (Lipinski definition) is 2. The number of rotatable bonds is 1. The van der Waals surface area contributed by atoms with Gasteiger partial charge in [-0.1, -0.05) is 24.3 Å². The molecule has 0 heterocycles. The number of aryl methyl sites for hydroxylation is 2. The molecule has 2 aromatic carbocycles. The van der Waals surface area contributed by atoms with Crippen molar-refractivity contribution in [3.8, 4) is 22.6 Å². The summed E-state index contributed by atoms with van der Waals surface area (Å²) in [6.07, 6.45) is 0. The molecule has 0 fully saturated rings. The molecule has 0 saturated carbocycles. The SMILES string of the molecule is Cc1ccc(-c2ccc(O)c(O)c2C)cc1C. The van der Waals surface area contributed by atoms with E-state index in [9.17, 15) is 10.2 Å². The fraction of sp³-hybridized carbons (Fsp3) is 0.200. The molecule has 2 aromatic rings. The Morgan fingerprint density at radius 1 is 0.824 bits per heavy atom. The maximum atomic E-state index is 9.72. The van der Waals surface area contributed by atoms with E-state index in [1.165, 1.54) is 17.2 Å². The van der Waals surface area contributed by atoms with Crippen LogP contribution in [0, 0.1) is 20.8 Å². The molecule has 0 aliphatic rings. The van der Waals surface area contributed by atoms with Gasteiger partial charge in [0.1, 0.15) is 0 Å². The van der Waals surface area contributed by atoms with E-state index >= 15 is 0 Å². The summed E-state index contributed by atoms with van der Waals surface area (Å²) in [6.45, 7) is 5.94. The first-order chi connectivity index (χ1) is 8.00. The zero-order valence-corrected chi connectivity index (χ0v) is 10.3. The molecule has 2 rings (SSSR count). The maximum absolute atomic E-state index is 9.72. The van der Waals surface area contributed by atoms with Crippen LogP contribution in [0.2, 0.25) is 0 Å². The lowest BCUT2D eigenvalue weighted by atomic mass is 9.96. The van der Waals surface area contributed by atoms with E-state index in [0.717, 1.165) is 11.1 Å². The normalized spacial score (nSPS) is 10.5. The van der Waals surface area contributed by atoms with Crippen LogP contribution < -0.4 is 0 Å². The van der Waals surface area contributed by atoms with E-state index < -0.39 is 0 Å². The van der Waals surface area contributed by atoms with Gasteiger partial charge in [-0.3, -0.25) is 0 Å². The fourth-order valence-electron chi connectivity index (χ4n) is 1.91. The molecular formula is C15H16O2. The van der Waals surface area contributed by atoms with Crippen molar-refractivity contribution in [1.82, 2.24) is 0 Å². The van der Waals surface area contributed by atoms with Crippen molar-refractivity contribution < 1.29 is 10.2 Å². The molecule has 2 nitrogen and oxygen atoms in total. The zero-order chi connectivity index (χ0) is 12.6. The smallest absolute Gasteiger partial charge is 0.161 e. The molecule has 0 radical (unpaired) electrons. The van der Waals surface area contributed by atoms with Gasteiger partial charge in [0.2, 0.25) is 0 Å². The van der Waals surface area contributed by atoms with Crippen LogP contribution in [-0.2, 0) is 0 Å². The lowest BCUT2D eigenvalue weighted by Crippen LogP contribution is -1.87. The fourth-order valence-corrected chi connectivity index (χ4v) is 1.91. The number of hydrogen-bond acceptors (Lipinski definition) is 2. The summed E-state index contributed by atoms with van der Waals surface area (Å²) < 4.78 is 0. The quantitative estimate of drug-likeness (QED) is 0.731. The molecule has 88 valence electrons. The maximum Gasteiger partial charge on any atom is 0.161 e. The summed E-state index contributed by atoms with van der Waals surface area (Å²) in [5, 5.41) is 19.1. The molecule has 2 N–H and O–H groups in total. The first-order valence-electron chi connectivity index (χ1n) is 5.60. The predicted molar refractivity (Wildman–Crippen MR) is 69.4 cm³/mol. The van der Waals surface area contributed by atoms with Gasteiger partial charge in [0.25, 0.3) is 0 Å². The van der Waals surface area contributed by atoms with Crippen LogP contribution in [-0.4, -0.2) is 10.2 Å². The highest BCUT2D eigenvalue weighted by Crippen LogP contribution is 2.36. The van der Waals surface area contributed by atoms with Gasteiger partial charge in [-0.25, -0.2) is 0 Å². The third-order valence-corrected chi connectivity index (χ3v) is 3.23. The Balaban J connectivity index is 2.61. The number of phenols is 2. The molecule has 0 aromatic heterocycles. The first-order valence-corrected chi connectivity index (χ1v) is 5.60. The van der Waals surface area contributed by atoms with Gasteiger partial charge in [-0.05, 0) is 49.1 Å². The molecule has 0 bridgehead atoms. The molecule has 2 heteroatoms. The van der Waals surface area contributed by atoms with Crippen molar-refractivity contribution in [3.05, 3.63) is 47.0 Å². The molecule has 0 spiro atoms. The van der Waals surface area contributed by atoms with Crippen LogP contribution in [0.4, 0.5) is 0 Å². The molecule has 0 saturated heterocycles. The summed E-state index contributed by atoms with van der Waals surface area (Å²) in [5.41, 5.74) is 5.17. The van der Waals surface area contributed by atoms with Gasteiger partial charge in [-0.15, -0.1) is 0 Å². The summed E-state index contributed by atoms with van der Waals surface area (Å²) in [6, 6.07) is 9.53. The van der Waals surface area contributed by atoms with Crippen LogP contribution in [0.5, 0.6) is 11.5 Å². The van der Waals surface area contributed by atoms with Crippen LogP contribution >= 0.6 is 0 Å². The Bertz CT molecular complexity index is 571. The standard InChI is InChI=1S/C15H16O2/c1-9-4-5-12(8-10(9)2)13-6-7-14(16)15(17)11(13)3/h4-8,16-17H,1-3H3. The minimum atomic E-state index is -0.0740. The lowest BCUT2D eigenvalue weighted by molar-refractivity contribution is 0.401. The summed E-state index contributed by atoms with van der Waals surface area (Å²) in [4.78, 5) is 0. The average molecular weight is 228 g/mol. The third-order valence-electron chi connectivity index (χ3n) is 3.23. The van der Waals surface area contributed by atoms with Crippen molar-refractivity contribution in [3.63, 3.8) is 0 Å². The first kappa shape index (κ1) is 11.5. The minimum Gasteiger partial charge on any atom is -0.504 e. The van der Waals surface area contributed by atoms with Crippen LogP contribution in [0.25, 0.3) is 11.1 Å². The Morgan fingerprint density at radius 3 is 2.18 bits per heavy atom. The average Bonchev–Trinajstić information content (AvgIpc) is 2.30. The third kappa shape index (κ3) is 1.98. The molecular weight excluding hydrogens is 212 g/mol. The highest BCUT2D eigenvalue weighted by molar-refractivity contribution is 5.72. The van der Waals surface area contributed by atoms with Gasteiger partial charge in [0.05, 0.1) is 0 Å². The van der Waals surface area contributed by atoms with Gasteiger partial charge >= 0.3 is 0 Å². The second-order valence-electron chi connectivity index (χ2n) is 4.40. The van der Waals surface area contributed by atoms with Gasteiger partial charge in [-0.2, -0.15) is 0 Å². The molecule has 17 heavy (non-hydrogen) atoms. The van der Waals surface area contributed by atoms with Crippen LogP contribution in [0.15, 0.2) is 30.3 Å². The van der Waals surface area contributed by atoms with Crippen LogP contribution in [0.1, 0.15) is 16.7 Å². The Labute approximate surface area is 101 Å². The molecule has 0 atom stereocenters. The second-order valence-corrected chi connectivity index (χ2v) is 4.40. The minimum absolute atomic E-state index is 0.0410. The van der Waals surface area contributed by atoms with E-state index in [-0.39, 0.29) is 11.5 Å². The monoisotopic (exact) mass is 228 g/mol. The highest BCUT2D eigenvalue weighted by Gasteiger charge is 2.09. The lowest BCUT2D eigenvalue weighted by Gasteiger charge is -2.10. The highest BCUT2D eigenvalue weighted by atomic mass is 16.3. The zero-order valence-electron chi connectivity index (χ0n) is 10.3. The number of benzene rings is 2.